The van der Waals surface area contributed by atoms with Crippen LogP contribution in [0, 0.1) is 28.4 Å². The number of para-hydroxylation sites is 1. The van der Waals surface area contributed by atoms with E-state index in [0.717, 1.165) is 5.06 Å². The summed E-state index contributed by atoms with van der Waals surface area (Å²) in [6, 6.07) is 19.7. The maximum atomic E-state index is 13.0. The lowest BCUT2D eigenvalue weighted by Crippen LogP contribution is -2.46. The third-order valence-electron chi connectivity index (χ3n) is 5.70. The van der Waals surface area contributed by atoms with Gasteiger partial charge in [-0.2, -0.15) is 10.3 Å². The van der Waals surface area contributed by atoms with Crippen molar-refractivity contribution < 1.29 is 33.5 Å². The smallest absolute Gasteiger partial charge is 0.364 e. The highest BCUT2D eigenvalue weighted by molar-refractivity contribution is 6.42. The number of hydrogen-bond donors (Lipinski definition) is 2. The minimum atomic E-state index is -1.55. The van der Waals surface area contributed by atoms with Crippen LogP contribution in [0.15, 0.2) is 88.3 Å². The maximum Gasteiger partial charge on any atom is 0.364 e. The average Bonchev–Trinajstić information content (AvgIpc) is 2.97. The summed E-state index contributed by atoms with van der Waals surface area (Å²) in [6.07, 6.45) is -1.55. The third-order valence-corrected chi connectivity index (χ3v) is 5.70. The van der Waals surface area contributed by atoms with E-state index in [1.54, 1.807) is 49.4 Å². The van der Waals surface area contributed by atoms with Gasteiger partial charge in [0.2, 0.25) is 5.71 Å². The van der Waals surface area contributed by atoms with Gasteiger partial charge in [-0.05, 0) is 55.8 Å². The minimum absolute atomic E-state index is 0.0969. The first-order valence-corrected chi connectivity index (χ1v) is 12.9. The Morgan fingerprint density at radius 2 is 1.84 bits per heavy atom. The summed E-state index contributed by atoms with van der Waals surface area (Å²) in [5.41, 5.74) is 10.7. The van der Waals surface area contributed by atoms with E-state index in [0.29, 0.717) is 17.0 Å². The molecule has 1 aliphatic heterocycles. The fourth-order valence-electron chi connectivity index (χ4n) is 3.98. The number of aryl methyl sites for hydroxylation is 1. The van der Waals surface area contributed by atoms with E-state index in [9.17, 15) is 20.2 Å². The van der Waals surface area contributed by atoms with Crippen molar-refractivity contribution in [3.63, 3.8) is 0 Å². The second kappa shape index (κ2) is 13.7. The molecule has 4 rings (SSSR count). The zero-order chi connectivity index (χ0) is 31.8. The first kappa shape index (κ1) is 30.8. The summed E-state index contributed by atoms with van der Waals surface area (Å²) in [5.74, 6) is -1.33. The van der Waals surface area contributed by atoms with Crippen molar-refractivity contribution in [1.82, 2.24) is 5.06 Å². The molecule has 0 bridgehead atoms. The number of nitrogens with two attached hydrogens (primary N) is 2. The first-order valence-electron chi connectivity index (χ1n) is 12.9. The lowest BCUT2D eigenvalue weighted by atomic mass is 10.2. The number of nitriles is 1. The zero-order valence-corrected chi connectivity index (χ0v) is 23.8. The van der Waals surface area contributed by atoms with Crippen LogP contribution < -0.4 is 25.7 Å². The summed E-state index contributed by atoms with van der Waals surface area (Å²) >= 11 is 0. The Bertz CT molecular complexity index is 1700. The highest BCUT2D eigenvalue weighted by atomic mass is 16.7. The number of carbonyl (C=O) groups excluding carboxylic acids is 1. The summed E-state index contributed by atoms with van der Waals surface area (Å²) in [5, 5.41) is 22.8. The van der Waals surface area contributed by atoms with Gasteiger partial charge in [0.15, 0.2) is 17.5 Å². The predicted octanol–water partition coefficient (Wildman–Crippen LogP) is 3.63. The molecule has 0 aromatic heterocycles. The number of carbonyl (C=O) groups is 1. The van der Waals surface area contributed by atoms with Crippen LogP contribution in [-0.2, 0) is 14.4 Å². The van der Waals surface area contributed by atoms with E-state index in [1.807, 2.05) is 6.07 Å². The lowest BCUT2D eigenvalue weighted by Gasteiger charge is -2.32. The molecule has 0 radical (unpaired) electrons. The number of nitrogens with zero attached hydrogens (tertiary/aromatic N) is 5. The molecule has 0 saturated heterocycles. The number of nitro groups is 1. The van der Waals surface area contributed by atoms with Gasteiger partial charge in [0.25, 0.3) is 6.35 Å². The van der Waals surface area contributed by atoms with Crippen LogP contribution in [-0.4, -0.2) is 47.7 Å². The molecule has 4 N–H and O–H groups in total. The average molecular weight is 602 g/mol. The van der Waals surface area contributed by atoms with Gasteiger partial charge in [-0.3, -0.25) is 15.0 Å². The first-order chi connectivity index (χ1) is 21.1. The van der Waals surface area contributed by atoms with Gasteiger partial charge in [0.05, 0.1) is 36.0 Å². The monoisotopic (exact) mass is 601 g/mol. The predicted molar refractivity (Wildman–Crippen MR) is 156 cm³/mol. The van der Waals surface area contributed by atoms with Crippen molar-refractivity contribution in [3.8, 4) is 29.1 Å². The number of esters is 1. The minimum Gasteiger partial charge on any atom is -0.461 e. The van der Waals surface area contributed by atoms with E-state index >= 15 is 0 Å². The van der Waals surface area contributed by atoms with E-state index in [4.69, 9.17) is 35.3 Å². The second-order valence-electron chi connectivity index (χ2n) is 8.89. The molecule has 44 heavy (non-hydrogen) atoms. The van der Waals surface area contributed by atoms with Gasteiger partial charge in [0.1, 0.15) is 11.5 Å². The topological polar surface area (TPSA) is 210 Å². The van der Waals surface area contributed by atoms with Gasteiger partial charge in [-0.1, -0.05) is 18.2 Å². The van der Waals surface area contributed by atoms with Crippen molar-refractivity contribution in [2.24, 2.45) is 21.5 Å². The molecule has 3 aromatic rings. The SMILES string of the molecule is CCOC(=O)C1=NC(Oc2cc(C)cc(N=C(N)N)c2)N(OC)C(Oc2cc(C#N)ccc2Oc2ccccc2)=C1[N+](=O)[O-]. The summed E-state index contributed by atoms with van der Waals surface area (Å²) in [7, 11) is 1.19. The van der Waals surface area contributed by atoms with Crippen LogP contribution in [0.5, 0.6) is 23.0 Å². The highest BCUT2D eigenvalue weighted by Crippen LogP contribution is 2.37. The Morgan fingerprint density at radius 1 is 1.09 bits per heavy atom. The van der Waals surface area contributed by atoms with Crippen molar-refractivity contribution >= 4 is 23.3 Å². The van der Waals surface area contributed by atoms with Gasteiger partial charge in [-0.15, -0.1) is 0 Å². The van der Waals surface area contributed by atoms with Crippen molar-refractivity contribution in [2.45, 2.75) is 20.2 Å². The molecular formula is C29H27N7O8. The van der Waals surface area contributed by atoms with Crippen molar-refractivity contribution in [3.05, 3.63) is 99.6 Å². The second-order valence-corrected chi connectivity index (χ2v) is 8.89. The molecule has 0 aliphatic carbocycles. The Kier molecular flexibility index (Phi) is 9.58. The lowest BCUT2D eigenvalue weighted by molar-refractivity contribution is -0.422. The van der Waals surface area contributed by atoms with E-state index < -0.39 is 34.5 Å². The fourth-order valence-corrected chi connectivity index (χ4v) is 3.98. The fraction of sp³-hybridized carbons (Fsp3) is 0.172. The van der Waals surface area contributed by atoms with Gasteiger partial charge < -0.3 is 30.4 Å². The normalized spacial score (nSPS) is 14.2. The molecule has 15 nitrogen and oxygen atoms in total. The molecule has 226 valence electrons. The summed E-state index contributed by atoms with van der Waals surface area (Å²) in [4.78, 5) is 38.2. The van der Waals surface area contributed by atoms with E-state index in [2.05, 4.69) is 9.98 Å². The number of hydrogen-bond acceptors (Lipinski definition) is 12. The van der Waals surface area contributed by atoms with Crippen LogP contribution in [0.2, 0.25) is 0 Å². The van der Waals surface area contributed by atoms with E-state index in [-0.39, 0.29) is 35.4 Å². The Balaban J connectivity index is 1.85. The van der Waals surface area contributed by atoms with Crippen LogP contribution in [0.25, 0.3) is 0 Å². The van der Waals surface area contributed by atoms with Crippen molar-refractivity contribution in [2.75, 3.05) is 13.7 Å². The van der Waals surface area contributed by atoms with Crippen LogP contribution in [0.3, 0.4) is 0 Å². The quantitative estimate of drug-likeness (QED) is 0.106. The maximum absolute atomic E-state index is 13.0. The molecule has 0 saturated carbocycles. The van der Waals surface area contributed by atoms with Gasteiger partial charge >= 0.3 is 17.5 Å². The molecule has 0 fully saturated rings. The third kappa shape index (κ3) is 7.19. The molecule has 1 unspecified atom stereocenters. The Hall–Kier alpha value is -6.14. The number of ether oxygens (including phenoxy) is 4. The van der Waals surface area contributed by atoms with Gasteiger partial charge in [-0.25, -0.2) is 14.8 Å². The van der Waals surface area contributed by atoms with Gasteiger partial charge in [0, 0.05) is 12.1 Å². The number of guanidine groups is 1. The molecule has 3 aromatic carbocycles. The molecule has 0 amide bonds. The van der Waals surface area contributed by atoms with Crippen LogP contribution in [0.4, 0.5) is 5.69 Å². The molecule has 1 heterocycles. The summed E-state index contributed by atoms with van der Waals surface area (Å²) < 4.78 is 23.1. The van der Waals surface area contributed by atoms with E-state index in [1.165, 1.54) is 38.3 Å². The number of hydroxylamine groups is 2. The molecule has 1 aliphatic rings. The van der Waals surface area contributed by atoms with Crippen molar-refractivity contribution in [1.29, 1.82) is 5.26 Å². The number of aliphatic imine (C=N–C) groups is 2. The molecule has 15 heteroatoms. The Morgan fingerprint density at radius 3 is 2.48 bits per heavy atom. The standard InChI is InChI=1S/C29H27N7O8/c1-4-41-27(37)24-25(36(38)39)26(44-23-14-18(16-30)10-11-22(23)42-20-8-6-5-7-9-20)35(40-3)29(34-24)43-21-13-17(2)12-19(15-21)33-28(31)32/h5-15,29H,4H2,1-3H3,(H4,31,32,33). The molecule has 1 atom stereocenters. The number of benzene rings is 3. The van der Waals surface area contributed by atoms with Crippen LogP contribution in [0.1, 0.15) is 18.1 Å². The molecular weight excluding hydrogens is 574 g/mol. The Labute approximate surface area is 251 Å². The zero-order valence-electron chi connectivity index (χ0n) is 23.8. The largest absolute Gasteiger partial charge is 0.461 e. The number of rotatable bonds is 11. The summed E-state index contributed by atoms with van der Waals surface area (Å²) in [6.45, 7) is 3.19. The molecule has 0 spiro atoms. The van der Waals surface area contributed by atoms with Crippen LogP contribution >= 0.6 is 0 Å². The highest BCUT2D eigenvalue weighted by Gasteiger charge is 2.45.